The summed E-state index contributed by atoms with van der Waals surface area (Å²) in [5, 5.41) is 13.3. The fraction of sp³-hybridized carbons (Fsp3) is 0.545. The normalized spacial score (nSPS) is 19.0. The maximum Gasteiger partial charge on any atom is 0.0819 e. The van der Waals surface area contributed by atoms with E-state index in [0.29, 0.717) is 12.2 Å². The standard InChI is InChI=1S/C11H17N3O/c12-9-7-13-6-3-10(9)14-8-11(15)4-1-2-5-11/h3,6-7,15H,1-2,4-5,8,12H2,(H,13,14). The van der Waals surface area contributed by atoms with Crippen LogP contribution in [0.2, 0.25) is 0 Å². The molecule has 1 saturated carbocycles. The Labute approximate surface area is 89.5 Å². The zero-order valence-corrected chi connectivity index (χ0v) is 8.74. The number of rotatable bonds is 3. The van der Waals surface area contributed by atoms with E-state index in [1.54, 1.807) is 12.4 Å². The van der Waals surface area contributed by atoms with Gasteiger partial charge in [-0.1, -0.05) is 12.8 Å². The monoisotopic (exact) mass is 207 g/mol. The Hall–Kier alpha value is -1.29. The van der Waals surface area contributed by atoms with Gasteiger partial charge in [-0.3, -0.25) is 4.98 Å². The predicted octanol–water partition coefficient (Wildman–Crippen LogP) is 1.38. The van der Waals surface area contributed by atoms with E-state index in [4.69, 9.17) is 5.73 Å². The Balaban J connectivity index is 1.95. The van der Waals surface area contributed by atoms with Gasteiger partial charge in [0.2, 0.25) is 0 Å². The van der Waals surface area contributed by atoms with Gasteiger partial charge in [-0.15, -0.1) is 0 Å². The van der Waals surface area contributed by atoms with Gasteiger partial charge in [-0.2, -0.15) is 0 Å². The van der Waals surface area contributed by atoms with E-state index >= 15 is 0 Å². The molecule has 4 heteroatoms. The highest BCUT2D eigenvalue weighted by Crippen LogP contribution is 2.30. The van der Waals surface area contributed by atoms with Crippen molar-refractivity contribution < 1.29 is 5.11 Å². The summed E-state index contributed by atoms with van der Waals surface area (Å²) < 4.78 is 0. The Morgan fingerprint density at radius 3 is 2.87 bits per heavy atom. The van der Waals surface area contributed by atoms with Gasteiger partial charge in [0, 0.05) is 12.7 Å². The zero-order valence-electron chi connectivity index (χ0n) is 8.74. The maximum absolute atomic E-state index is 10.1. The summed E-state index contributed by atoms with van der Waals surface area (Å²) in [5.74, 6) is 0. The number of nitrogen functional groups attached to an aromatic ring is 1. The molecule has 0 aromatic carbocycles. The molecule has 0 aliphatic heterocycles. The van der Waals surface area contributed by atoms with Crippen LogP contribution in [0, 0.1) is 0 Å². The van der Waals surface area contributed by atoms with Crippen LogP contribution in [-0.4, -0.2) is 22.2 Å². The lowest BCUT2D eigenvalue weighted by atomic mass is 10.0. The molecule has 1 fully saturated rings. The van der Waals surface area contributed by atoms with E-state index in [1.165, 1.54) is 0 Å². The quantitative estimate of drug-likeness (QED) is 0.700. The molecule has 1 aromatic heterocycles. The molecule has 1 heterocycles. The third-order valence-corrected chi connectivity index (χ3v) is 2.99. The van der Waals surface area contributed by atoms with E-state index < -0.39 is 5.60 Å². The van der Waals surface area contributed by atoms with Crippen molar-refractivity contribution in [3.8, 4) is 0 Å². The molecule has 0 amide bonds. The van der Waals surface area contributed by atoms with Gasteiger partial charge in [0.15, 0.2) is 0 Å². The SMILES string of the molecule is Nc1cnccc1NCC1(O)CCCC1. The summed E-state index contributed by atoms with van der Waals surface area (Å²) >= 11 is 0. The first-order chi connectivity index (χ1) is 7.20. The van der Waals surface area contributed by atoms with Gasteiger partial charge in [-0.05, 0) is 18.9 Å². The molecule has 1 aliphatic rings. The van der Waals surface area contributed by atoms with Crippen molar-refractivity contribution in [3.05, 3.63) is 18.5 Å². The Bertz CT molecular complexity index is 334. The van der Waals surface area contributed by atoms with Crippen LogP contribution in [0.15, 0.2) is 18.5 Å². The van der Waals surface area contributed by atoms with Crippen LogP contribution >= 0.6 is 0 Å². The molecule has 0 bridgehead atoms. The number of nitrogens with zero attached hydrogens (tertiary/aromatic N) is 1. The fourth-order valence-electron chi connectivity index (χ4n) is 2.04. The molecule has 0 spiro atoms. The lowest BCUT2D eigenvalue weighted by Crippen LogP contribution is -2.33. The van der Waals surface area contributed by atoms with Gasteiger partial charge in [-0.25, -0.2) is 0 Å². The predicted molar refractivity (Wildman–Crippen MR) is 60.6 cm³/mol. The summed E-state index contributed by atoms with van der Waals surface area (Å²) in [7, 11) is 0. The van der Waals surface area contributed by atoms with Crippen LogP contribution < -0.4 is 11.1 Å². The number of aromatic nitrogens is 1. The summed E-state index contributed by atoms with van der Waals surface area (Å²) in [6.45, 7) is 0.571. The van der Waals surface area contributed by atoms with Crippen molar-refractivity contribution in [1.29, 1.82) is 0 Å². The van der Waals surface area contributed by atoms with E-state index in [9.17, 15) is 5.11 Å². The first-order valence-corrected chi connectivity index (χ1v) is 5.35. The molecule has 2 rings (SSSR count). The number of anilines is 2. The molecule has 0 radical (unpaired) electrons. The maximum atomic E-state index is 10.1. The first-order valence-electron chi connectivity index (χ1n) is 5.35. The lowest BCUT2D eigenvalue weighted by molar-refractivity contribution is 0.0615. The molecule has 4 nitrogen and oxygen atoms in total. The molecular formula is C11H17N3O. The number of hydrogen-bond acceptors (Lipinski definition) is 4. The van der Waals surface area contributed by atoms with Crippen LogP contribution in [0.25, 0.3) is 0 Å². The molecule has 82 valence electrons. The third kappa shape index (κ3) is 2.39. The molecule has 1 aromatic rings. The second-order valence-electron chi connectivity index (χ2n) is 4.25. The van der Waals surface area contributed by atoms with Crippen molar-refractivity contribution in [3.63, 3.8) is 0 Å². The highest BCUT2D eigenvalue weighted by molar-refractivity contribution is 5.64. The van der Waals surface area contributed by atoms with Crippen LogP contribution in [-0.2, 0) is 0 Å². The summed E-state index contributed by atoms with van der Waals surface area (Å²) in [4.78, 5) is 3.91. The second kappa shape index (κ2) is 4.06. The third-order valence-electron chi connectivity index (χ3n) is 2.99. The smallest absolute Gasteiger partial charge is 0.0819 e. The molecule has 4 N–H and O–H groups in total. The van der Waals surface area contributed by atoms with Crippen LogP contribution in [0.1, 0.15) is 25.7 Å². The number of aliphatic hydroxyl groups is 1. The van der Waals surface area contributed by atoms with Crippen molar-refractivity contribution in [2.45, 2.75) is 31.3 Å². The minimum Gasteiger partial charge on any atom is -0.396 e. The molecule has 15 heavy (non-hydrogen) atoms. The highest BCUT2D eigenvalue weighted by atomic mass is 16.3. The zero-order chi connectivity index (χ0) is 10.7. The van der Waals surface area contributed by atoms with E-state index in [1.807, 2.05) is 6.07 Å². The van der Waals surface area contributed by atoms with Crippen molar-refractivity contribution in [1.82, 2.24) is 4.98 Å². The lowest BCUT2D eigenvalue weighted by Gasteiger charge is -2.23. The minimum absolute atomic E-state index is 0.546. The number of nitrogens with two attached hydrogens (primary N) is 1. The Morgan fingerprint density at radius 2 is 2.20 bits per heavy atom. The van der Waals surface area contributed by atoms with E-state index in [0.717, 1.165) is 31.4 Å². The largest absolute Gasteiger partial charge is 0.396 e. The topological polar surface area (TPSA) is 71.2 Å². The van der Waals surface area contributed by atoms with Gasteiger partial charge < -0.3 is 16.2 Å². The molecular weight excluding hydrogens is 190 g/mol. The summed E-state index contributed by atoms with van der Waals surface area (Å²) in [6.07, 6.45) is 7.29. The number of hydrogen-bond donors (Lipinski definition) is 3. The van der Waals surface area contributed by atoms with Crippen molar-refractivity contribution in [2.75, 3.05) is 17.6 Å². The van der Waals surface area contributed by atoms with Crippen molar-refractivity contribution in [2.24, 2.45) is 0 Å². The highest BCUT2D eigenvalue weighted by Gasteiger charge is 2.30. The van der Waals surface area contributed by atoms with Crippen LogP contribution in [0.5, 0.6) is 0 Å². The van der Waals surface area contributed by atoms with Crippen LogP contribution in [0.3, 0.4) is 0 Å². The van der Waals surface area contributed by atoms with Gasteiger partial charge in [0.1, 0.15) is 0 Å². The summed E-state index contributed by atoms with van der Waals surface area (Å²) in [5.41, 5.74) is 6.67. The van der Waals surface area contributed by atoms with Gasteiger partial charge in [0.25, 0.3) is 0 Å². The molecule has 0 unspecified atom stereocenters. The molecule has 0 saturated heterocycles. The second-order valence-corrected chi connectivity index (χ2v) is 4.25. The summed E-state index contributed by atoms with van der Waals surface area (Å²) in [6, 6.07) is 1.83. The average molecular weight is 207 g/mol. The van der Waals surface area contributed by atoms with E-state index in [2.05, 4.69) is 10.3 Å². The molecule has 0 atom stereocenters. The average Bonchev–Trinajstić information content (AvgIpc) is 2.65. The molecule has 1 aliphatic carbocycles. The number of pyridine rings is 1. The Morgan fingerprint density at radius 1 is 1.47 bits per heavy atom. The minimum atomic E-state index is -0.546. The van der Waals surface area contributed by atoms with Gasteiger partial charge in [0.05, 0.1) is 23.2 Å². The van der Waals surface area contributed by atoms with Crippen molar-refractivity contribution >= 4 is 11.4 Å². The van der Waals surface area contributed by atoms with E-state index in [-0.39, 0.29) is 0 Å². The Kier molecular flexibility index (Phi) is 2.77. The van der Waals surface area contributed by atoms with Crippen LogP contribution in [0.4, 0.5) is 11.4 Å². The fourth-order valence-corrected chi connectivity index (χ4v) is 2.04. The number of nitrogens with one attached hydrogen (secondary N) is 1. The van der Waals surface area contributed by atoms with Gasteiger partial charge >= 0.3 is 0 Å². The first kappa shape index (κ1) is 10.2.